The molecule has 1 saturated heterocycles. The van der Waals surface area contributed by atoms with Crippen LogP contribution in [0.1, 0.15) is 16.8 Å². The van der Waals surface area contributed by atoms with Crippen molar-refractivity contribution in [3.05, 3.63) is 65.6 Å². The Morgan fingerprint density at radius 3 is 2.49 bits per heavy atom. The quantitative estimate of drug-likeness (QED) is 0.521. The topological polar surface area (TPSA) is 83.8 Å². The normalized spacial score (nSPS) is 16.6. The third-order valence-electron chi connectivity index (χ3n) is 6.56. The molecule has 0 radical (unpaired) electrons. The lowest BCUT2D eigenvalue weighted by Crippen LogP contribution is -2.53. The molecule has 4 heterocycles. The summed E-state index contributed by atoms with van der Waals surface area (Å²) in [6, 6.07) is 9.65. The van der Waals surface area contributed by atoms with E-state index in [4.69, 9.17) is 4.74 Å². The van der Waals surface area contributed by atoms with Crippen molar-refractivity contribution < 1.29 is 27.5 Å². The highest BCUT2D eigenvalue weighted by Crippen LogP contribution is 2.29. The molecule has 2 amide bonds. The van der Waals surface area contributed by atoms with Gasteiger partial charge in [0.1, 0.15) is 11.6 Å². The molecular weight excluding hydrogens is 489 g/mol. The lowest BCUT2D eigenvalue weighted by Gasteiger charge is -2.35. The SMILES string of the molecule is COc1ccc(-n2cc3c(n2)CCN(C(=O)CN2CCN(c4ccc(C(F)(F)F)cn4)C(=O)C2)C3)cc1. The van der Waals surface area contributed by atoms with Gasteiger partial charge in [-0.25, -0.2) is 9.67 Å². The summed E-state index contributed by atoms with van der Waals surface area (Å²) >= 11 is 0. The molecule has 194 valence electrons. The van der Waals surface area contributed by atoms with E-state index in [-0.39, 0.29) is 37.3 Å². The second-order valence-corrected chi connectivity index (χ2v) is 8.97. The van der Waals surface area contributed by atoms with Crippen LogP contribution in [0.3, 0.4) is 0 Å². The molecule has 0 N–H and O–H groups in total. The zero-order valence-corrected chi connectivity index (χ0v) is 20.1. The number of halogens is 3. The number of aromatic nitrogens is 3. The number of fused-ring (bicyclic) bond motifs is 1. The van der Waals surface area contributed by atoms with Gasteiger partial charge in [-0.05, 0) is 36.4 Å². The fourth-order valence-corrected chi connectivity index (χ4v) is 4.50. The fraction of sp³-hybridized carbons (Fsp3) is 0.360. The summed E-state index contributed by atoms with van der Waals surface area (Å²) in [6.45, 7) is 1.70. The van der Waals surface area contributed by atoms with Gasteiger partial charge in [0, 0.05) is 50.6 Å². The number of piperazine rings is 1. The molecule has 0 aliphatic carbocycles. The summed E-state index contributed by atoms with van der Waals surface area (Å²) in [6.07, 6.45) is -1.20. The van der Waals surface area contributed by atoms with Gasteiger partial charge in [-0.2, -0.15) is 18.3 Å². The lowest BCUT2D eigenvalue weighted by molar-refractivity contribution is -0.138. The van der Waals surface area contributed by atoms with Gasteiger partial charge in [-0.3, -0.25) is 19.4 Å². The molecule has 0 bridgehead atoms. The van der Waals surface area contributed by atoms with Crippen molar-refractivity contribution in [2.24, 2.45) is 0 Å². The second-order valence-electron chi connectivity index (χ2n) is 8.97. The van der Waals surface area contributed by atoms with Crippen LogP contribution in [0.15, 0.2) is 48.8 Å². The van der Waals surface area contributed by atoms with E-state index >= 15 is 0 Å². The van der Waals surface area contributed by atoms with Crippen LogP contribution in [0, 0.1) is 0 Å². The number of carbonyl (C=O) groups excluding carboxylic acids is 2. The smallest absolute Gasteiger partial charge is 0.417 e. The van der Waals surface area contributed by atoms with Crippen LogP contribution in [-0.4, -0.2) is 76.2 Å². The maximum absolute atomic E-state index is 13.0. The molecule has 0 spiro atoms. The van der Waals surface area contributed by atoms with E-state index in [1.54, 1.807) is 21.6 Å². The summed E-state index contributed by atoms with van der Waals surface area (Å²) in [7, 11) is 1.61. The van der Waals surface area contributed by atoms with E-state index in [0.717, 1.165) is 35.0 Å². The summed E-state index contributed by atoms with van der Waals surface area (Å²) < 4.78 is 45.3. The van der Waals surface area contributed by atoms with E-state index in [0.29, 0.717) is 26.1 Å². The molecule has 0 atom stereocenters. The number of pyridine rings is 1. The van der Waals surface area contributed by atoms with Crippen LogP contribution in [0.25, 0.3) is 5.69 Å². The number of rotatable bonds is 5. The van der Waals surface area contributed by atoms with Crippen LogP contribution < -0.4 is 9.64 Å². The van der Waals surface area contributed by atoms with E-state index in [1.165, 1.54) is 11.0 Å². The Bertz CT molecular complexity index is 1290. The van der Waals surface area contributed by atoms with E-state index in [9.17, 15) is 22.8 Å². The number of benzene rings is 1. The first-order valence-corrected chi connectivity index (χ1v) is 11.8. The molecular formula is C25H25F3N6O3. The maximum Gasteiger partial charge on any atom is 0.417 e. The first-order chi connectivity index (χ1) is 17.7. The maximum atomic E-state index is 13.0. The first kappa shape index (κ1) is 24.8. The number of hydrogen-bond donors (Lipinski definition) is 0. The molecule has 2 aromatic heterocycles. The van der Waals surface area contributed by atoms with Gasteiger partial charge in [0.25, 0.3) is 0 Å². The Kier molecular flexibility index (Phi) is 6.59. The minimum absolute atomic E-state index is 0.0110. The first-order valence-electron chi connectivity index (χ1n) is 11.8. The van der Waals surface area contributed by atoms with Crippen LogP contribution in [-0.2, 0) is 28.7 Å². The molecule has 3 aromatic rings. The van der Waals surface area contributed by atoms with Gasteiger partial charge < -0.3 is 9.64 Å². The molecule has 12 heteroatoms. The van der Waals surface area contributed by atoms with Crippen molar-refractivity contribution in [3.63, 3.8) is 0 Å². The number of nitrogens with zero attached hydrogens (tertiary/aromatic N) is 6. The number of ether oxygens (including phenoxy) is 1. The van der Waals surface area contributed by atoms with E-state index in [1.807, 2.05) is 30.5 Å². The molecule has 37 heavy (non-hydrogen) atoms. The van der Waals surface area contributed by atoms with Crippen molar-refractivity contribution in [1.82, 2.24) is 24.6 Å². The Labute approximate surface area is 211 Å². The summed E-state index contributed by atoms with van der Waals surface area (Å²) in [5.41, 5.74) is 1.96. The van der Waals surface area contributed by atoms with E-state index in [2.05, 4.69) is 10.1 Å². The van der Waals surface area contributed by atoms with Crippen molar-refractivity contribution >= 4 is 17.6 Å². The third-order valence-corrected chi connectivity index (χ3v) is 6.56. The minimum atomic E-state index is -4.49. The standard InChI is InChI=1S/C25H25F3N6O3/c1-37-20-5-3-19(4-6-20)34-14-17-13-32(9-8-21(17)30-34)23(35)15-31-10-11-33(24(36)16-31)22-7-2-18(12-29-22)25(26,27)28/h2-7,12,14H,8-11,13,15-16H2,1H3. The molecule has 1 aromatic carbocycles. The Morgan fingerprint density at radius 2 is 1.84 bits per heavy atom. The number of carbonyl (C=O) groups is 2. The molecule has 9 nitrogen and oxygen atoms in total. The zero-order chi connectivity index (χ0) is 26.2. The largest absolute Gasteiger partial charge is 0.497 e. The fourth-order valence-electron chi connectivity index (χ4n) is 4.50. The molecule has 0 saturated carbocycles. The predicted octanol–water partition coefficient (Wildman–Crippen LogP) is 2.53. The molecule has 2 aliphatic heterocycles. The molecule has 5 rings (SSSR count). The lowest BCUT2D eigenvalue weighted by atomic mass is 10.1. The van der Waals surface area contributed by atoms with Crippen LogP contribution in [0.5, 0.6) is 5.75 Å². The average molecular weight is 515 g/mol. The summed E-state index contributed by atoms with van der Waals surface area (Å²) in [5.74, 6) is 0.526. The number of anilines is 1. The van der Waals surface area contributed by atoms with Crippen molar-refractivity contribution in [2.45, 2.75) is 19.1 Å². The van der Waals surface area contributed by atoms with Gasteiger partial charge in [0.05, 0.1) is 37.1 Å². The molecule has 1 fully saturated rings. The van der Waals surface area contributed by atoms with Crippen molar-refractivity contribution in [1.29, 1.82) is 0 Å². The molecule has 2 aliphatic rings. The van der Waals surface area contributed by atoms with Crippen LogP contribution >= 0.6 is 0 Å². The highest BCUT2D eigenvalue weighted by atomic mass is 19.4. The predicted molar refractivity (Wildman–Crippen MR) is 127 cm³/mol. The van der Waals surface area contributed by atoms with Gasteiger partial charge in [-0.1, -0.05) is 0 Å². The monoisotopic (exact) mass is 514 g/mol. The van der Waals surface area contributed by atoms with Crippen molar-refractivity contribution in [2.75, 3.05) is 44.7 Å². The number of alkyl halides is 3. The van der Waals surface area contributed by atoms with Gasteiger partial charge in [0.2, 0.25) is 11.8 Å². The Balaban J connectivity index is 1.17. The minimum Gasteiger partial charge on any atom is -0.497 e. The number of hydrogen-bond acceptors (Lipinski definition) is 6. The number of methoxy groups -OCH3 is 1. The van der Waals surface area contributed by atoms with Crippen molar-refractivity contribution in [3.8, 4) is 11.4 Å². The highest BCUT2D eigenvalue weighted by Gasteiger charge is 2.33. The average Bonchev–Trinajstić information content (AvgIpc) is 3.32. The Morgan fingerprint density at radius 1 is 1.05 bits per heavy atom. The Hall–Kier alpha value is -3.93. The molecule has 0 unspecified atom stereocenters. The summed E-state index contributed by atoms with van der Waals surface area (Å²) in [4.78, 5) is 34.3. The highest BCUT2D eigenvalue weighted by molar-refractivity contribution is 5.95. The second kappa shape index (κ2) is 9.85. The van der Waals surface area contributed by atoms with Crippen LogP contribution in [0.4, 0.5) is 19.0 Å². The summed E-state index contributed by atoms with van der Waals surface area (Å²) in [5, 5.41) is 4.66. The third kappa shape index (κ3) is 5.29. The van der Waals surface area contributed by atoms with Crippen LogP contribution in [0.2, 0.25) is 0 Å². The zero-order valence-electron chi connectivity index (χ0n) is 20.1. The van der Waals surface area contributed by atoms with Gasteiger partial charge in [-0.15, -0.1) is 0 Å². The van der Waals surface area contributed by atoms with Gasteiger partial charge in [0.15, 0.2) is 0 Å². The number of amides is 2. The van der Waals surface area contributed by atoms with Gasteiger partial charge >= 0.3 is 6.18 Å². The van der Waals surface area contributed by atoms with E-state index < -0.39 is 11.7 Å².